The van der Waals surface area contributed by atoms with E-state index in [0.717, 1.165) is 0 Å². The second-order valence-electron chi connectivity index (χ2n) is 5.24. The average Bonchev–Trinajstić information content (AvgIpc) is 2.80. The Bertz CT molecular complexity index is 875. The number of fused-ring (bicyclic) bond motifs is 1. The number of amides is 1. The molecule has 0 saturated heterocycles. The molecule has 3 nitrogen and oxygen atoms in total. The fraction of sp³-hybridized carbons (Fsp3) is 0.188. The van der Waals surface area contributed by atoms with Crippen molar-refractivity contribution in [1.82, 2.24) is 0 Å². The van der Waals surface area contributed by atoms with Crippen LogP contribution in [0.3, 0.4) is 0 Å². The number of nitrogens with zero attached hydrogens (tertiary/aromatic N) is 1. The number of carbonyl (C=O) groups excluding carboxylic acids is 1. The van der Waals surface area contributed by atoms with Gasteiger partial charge in [-0.1, -0.05) is 45.9 Å². The van der Waals surface area contributed by atoms with E-state index in [1.54, 1.807) is 6.07 Å². The number of alkyl halides is 1. The van der Waals surface area contributed by atoms with E-state index < -0.39 is 43.8 Å². The normalized spacial score (nSPS) is 19.6. The first-order valence-corrected chi connectivity index (χ1v) is 7.52. The molecule has 1 aliphatic rings. The second-order valence-corrected chi connectivity index (χ2v) is 6.18. The summed E-state index contributed by atoms with van der Waals surface area (Å²) in [7, 11) is 1.31. The predicted octanol–water partition coefficient (Wildman–Crippen LogP) is 4.65. The molecule has 1 unspecified atom stereocenters. The van der Waals surface area contributed by atoms with Crippen LogP contribution in [0.25, 0.3) is 0 Å². The largest absolute Gasteiger partial charge is 0.496 e. The average molecular weight is 376 g/mol. The van der Waals surface area contributed by atoms with Crippen LogP contribution in [0.4, 0.5) is 18.9 Å². The molecule has 1 aliphatic heterocycles. The summed E-state index contributed by atoms with van der Waals surface area (Å²) in [6.45, 7) is 1.18. The number of hydrogen-bond donors (Lipinski definition) is 0. The number of anilines is 1. The van der Waals surface area contributed by atoms with Crippen LogP contribution in [-0.4, -0.2) is 13.0 Å². The van der Waals surface area contributed by atoms with Crippen molar-refractivity contribution in [1.29, 1.82) is 0 Å². The molecule has 0 N–H and O–H groups in total. The fourth-order valence-electron chi connectivity index (χ4n) is 2.78. The Morgan fingerprint density at radius 2 is 1.83 bits per heavy atom. The van der Waals surface area contributed by atoms with Crippen LogP contribution < -0.4 is 9.86 Å². The van der Waals surface area contributed by atoms with Gasteiger partial charge in [-0.2, -0.15) is 0 Å². The SMILES string of the molecule is COc1ccccc1C1(Cl)C(=O)N(F)c2c(F)c(C)c(Cl)c(F)c21. The minimum Gasteiger partial charge on any atom is -0.496 e. The van der Waals surface area contributed by atoms with E-state index in [2.05, 4.69) is 0 Å². The van der Waals surface area contributed by atoms with Crippen molar-refractivity contribution >= 4 is 34.8 Å². The molecular weight excluding hydrogens is 366 g/mol. The highest BCUT2D eigenvalue weighted by atomic mass is 35.5. The Kier molecular flexibility index (Phi) is 3.92. The summed E-state index contributed by atoms with van der Waals surface area (Å²) in [6.07, 6.45) is 0. The maximum atomic E-state index is 14.7. The number of carbonyl (C=O) groups is 1. The van der Waals surface area contributed by atoms with E-state index in [1.807, 2.05) is 0 Å². The van der Waals surface area contributed by atoms with Crippen LogP contribution in [0, 0.1) is 18.6 Å². The first-order valence-electron chi connectivity index (χ1n) is 6.77. The van der Waals surface area contributed by atoms with Gasteiger partial charge >= 0.3 is 0 Å². The summed E-state index contributed by atoms with van der Waals surface area (Å²) in [4.78, 5) is 10.1. The van der Waals surface area contributed by atoms with Gasteiger partial charge in [-0.3, -0.25) is 4.79 Å². The Morgan fingerprint density at radius 3 is 2.46 bits per heavy atom. The van der Waals surface area contributed by atoms with Gasteiger partial charge in [-0.05, 0) is 13.0 Å². The molecule has 3 rings (SSSR count). The lowest BCUT2D eigenvalue weighted by atomic mass is 9.89. The van der Waals surface area contributed by atoms with Gasteiger partial charge in [0.05, 0.1) is 17.7 Å². The van der Waals surface area contributed by atoms with Gasteiger partial charge in [0.1, 0.15) is 17.3 Å². The van der Waals surface area contributed by atoms with Crippen LogP contribution in [0.1, 0.15) is 16.7 Å². The van der Waals surface area contributed by atoms with E-state index >= 15 is 0 Å². The molecule has 0 fully saturated rings. The lowest BCUT2D eigenvalue weighted by Crippen LogP contribution is -2.34. The molecule has 0 saturated carbocycles. The summed E-state index contributed by atoms with van der Waals surface area (Å²) in [5, 5.41) is -1.05. The third-order valence-electron chi connectivity index (χ3n) is 4.01. The highest BCUT2D eigenvalue weighted by Gasteiger charge is 2.57. The number of methoxy groups -OCH3 is 1. The maximum Gasteiger partial charge on any atom is 0.285 e. The van der Waals surface area contributed by atoms with Gasteiger partial charge in [0.2, 0.25) is 0 Å². The third-order valence-corrected chi connectivity index (χ3v) is 5.01. The van der Waals surface area contributed by atoms with E-state index in [9.17, 15) is 18.1 Å². The first kappa shape index (κ1) is 16.9. The molecule has 0 spiro atoms. The predicted molar refractivity (Wildman–Crippen MR) is 84.3 cm³/mol. The number of halogens is 5. The Morgan fingerprint density at radius 1 is 1.21 bits per heavy atom. The van der Waals surface area contributed by atoms with Crippen molar-refractivity contribution in [2.45, 2.75) is 11.8 Å². The van der Waals surface area contributed by atoms with E-state index in [1.165, 1.54) is 32.2 Å². The van der Waals surface area contributed by atoms with Gasteiger partial charge in [0, 0.05) is 11.1 Å². The molecule has 1 atom stereocenters. The fourth-order valence-corrected chi connectivity index (χ4v) is 3.36. The van der Waals surface area contributed by atoms with Crippen molar-refractivity contribution in [3.05, 3.63) is 57.6 Å². The van der Waals surface area contributed by atoms with Gasteiger partial charge in [0.15, 0.2) is 10.7 Å². The minimum atomic E-state index is -2.33. The zero-order valence-corrected chi connectivity index (χ0v) is 14.0. The molecule has 8 heteroatoms. The summed E-state index contributed by atoms with van der Waals surface area (Å²) < 4.78 is 48.7. The van der Waals surface area contributed by atoms with E-state index in [4.69, 9.17) is 27.9 Å². The Hall–Kier alpha value is -1.92. The molecule has 0 aromatic heterocycles. The number of ether oxygens (including phenoxy) is 1. The quantitative estimate of drug-likeness (QED) is 0.434. The zero-order chi connectivity index (χ0) is 17.8. The van der Waals surface area contributed by atoms with Crippen LogP contribution in [-0.2, 0) is 9.67 Å². The standard InChI is InChI=1S/C16H10Cl2F3NO2/c1-7-11(17)13(20)10-14(12(7)19)22(21)15(23)16(10,18)8-5-3-4-6-9(8)24-2/h3-6H,1-2H3. The van der Waals surface area contributed by atoms with Crippen molar-refractivity contribution in [3.8, 4) is 5.75 Å². The summed E-state index contributed by atoms with van der Waals surface area (Å²) >= 11 is 12.2. The molecule has 0 bridgehead atoms. The van der Waals surface area contributed by atoms with Crippen LogP contribution in [0.2, 0.25) is 5.02 Å². The maximum absolute atomic E-state index is 14.7. The van der Waals surface area contributed by atoms with Crippen LogP contribution in [0.5, 0.6) is 5.75 Å². The van der Waals surface area contributed by atoms with Crippen molar-refractivity contribution < 1.29 is 22.8 Å². The number of benzene rings is 2. The van der Waals surface area contributed by atoms with Gasteiger partial charge in [-0.25, -0.2) is 8.78 Å². The number of hydrogen-bond acceptors (Lipinski definition) is 2. The molecule has 2 aromatic rings. The monoisotopic (exact) mass is 375 g/mol. The van der Waals surface area contributed by atoms with Crippen LogP contribution in [0.15, 0.2) is 24.3 Å². The highest BCUT2D eigenvalue weighted by Crippen LogP contribution is 2.55. The van der Waals surface area contributed by atoms with Crippen molar-refractivity contribution in [3.63, 3.8) is 0 Å². The molecule has 126 valence electrons. The van der Waals surface area contributed by atoms with Crippen LogP contribution >= 0.6 is 23.2 Å². The zero-order valence-electron chi connectivity index (χ0n) is 12.5. The molecular formula is C16H10Cl2F3NO2. The van der Waals surface area contributed by atoms with Gasteiger partial charge < -0.3 is 4.74 Å². The molecule has 2 aromatic carbocycles. The van der Waals surface area contributed by atoms with Crippen molar-refractivity contribution in [2.24, 2.45) is 0 Å². The third kappa shape index (κ3) is 1.96. The lowest BCUT2D eigenvalue weighted by Gasteiger charge is -2.23. The highest BCUT2D eigenvalue weighted by molar-refractivity contribution is 6.42. The molecule has 1 heterocycles. The van der Waals surface area contributed by atoms with Gasteiger partial charge in [0.25, 0.3) is 5.91 Å². The van der Waals surface area contributed by atoms with Gasteiger partial charge in [-0.15, -0.1) is 5.12 Å². The summed E-state index contributed by atoms with van der Waals surface area (Å²) in [5.41, 5.74) is -1.88. The Labute approximate surface area is 145 Å². The minimum absolute atomic E-state index is 0.0150. The summed E-state index contributed by atoms with van der Waals surface area (Å²) in [5.74, 6) is -3.52. The van der Waals surface area contributed by atoms with Crippen molar-refractivity contribution in [2.75, 3.05) is 12.2 Å². The van der Waals surface area contributed by atoms with E-state index in [0.29, 0.717) is 0 Å². The Balaban J connectivity index is 2.44. The summed E-state index contributed by atoms with van der Waals surface area (Å²) in [6, 6.07) is 5.95. The second kappa shape index (κ2) is 5.57. The molecule has 24 heavy (non-hydrogen) atoms. The van der Waals surface area contributed by atoms with E-state index in [-0.39, 0.29) is 16.9 Å². The smallest absolute Gasteiger partial charge is 0.285 e. The molecule has 1 amide bonds. The molecule has 0 radical (unpaired) electrons. The topological polar surface area (TPSA) is 29.5 Å². The number of para-hydroxylation sites is 1. The number of rotatable bonds is 2. The lowest BCUT2D eigenvalue weighted by molar-refractivity contribution is -0.122. The molecule has 0 aliphatic carbocycles. The first-order chi connectivity index (χ1) is 11.3.